The van der Waals surface area contributed by atoms with Crippen molar-refractivity contribution in [2.75, 3.05) is 6.26 Å². The SMILES string of the molecule is CC(C)=C/C=C(\C)[S+](C)c1ccccc1. The van der Waals surface area contributed by atoms with Crippen LogP contribution in [0.5, 0.6) is 0 Å². The highest BCUT2D eigenvalue weighted by Crippen LogP contribution is 2.18. The first-order valence-corrected chi connectivity index (χ1v) is 6.77. The molecule has 0 N–H and O–H groups in total. The van der Waals surface area contributed by atoms with Gasteiger partial charge in [-0.25, -0.2) is 0 Å². The van der Waals surface area contributed by atoms with E-state index in [1.165, 1.54) is 15.4 Å². The summed E-state index contributed by atoms with van der Waals surface area (Å²) in [6.45, 7) is 6.45. The molecule has 1 atom stereocenters. The molecule has 0 amide bonds. The molecule has 0 nitrogen and oxygen atoms in total. The van der Waals surface area contributed by atoms with Crippen molar-refractivity contribution < 1.29 is 0 Å². The largest absolute Gasteiger partial charge is 0.160 e. The second-order valence-electron chi connectivity index (χ2n) is 3.84. The van der Waals surface area contributed by atoms with Crippen molar-refractivity contribution in [2.45, 2.75) is 25.7 Å². The third-order valence-electron chi connectivity index (χ3n) is 2.23. The van der Waals surface area contributed by atoms with Gasteiger partial charge in [0, 0.05) is 6.92 Å². The molecular formula is C14H19S+. The fourth-order valence-electron chi connectivity index (χ4n) is 1.20. The molecule has 0 saturated carbocycles. The first-order chi connectivity index (χ1) is 7.11. The molecule has 0 saturated heterocycles. The van der Waals surface area contributed by atoms with Crippen LogP contribution in [0.15, 0.2) is 57.9 Å². The van der Waals surface area contributed by atoms with Crippen LogP contribution in [-0.2, 0) is 10.9 Å². The van der Waals surface area contributed by atoms with Crippen LogP contribution in [0, 0.1) is 0 Å². The summed E-state index contributed by atoms with van der Waals surface area (Å²) in [5.41, 5.74) is 1.35. The average Bonchev–Trinajstić information content (AvgIpc) is 2.26. The predicted molar refractivity (Wildman–Crippen MR) is 71.2 cm³/mol. The van der Waals surface area contributed by atoms with Crippen LogP contribution in [0.4, 0.5) is 0 Å². The Morgan fingerprint density at radius 3 is 2.13 bits per heavy atom. The minimum Gasteiger partial charge on any atom is -0.0763 e. The maximum atomic E-state index is 2.28. The van der Waals surface area contributed by atoms with E-state index in [9.17, 15) is 0 Å². The Balaban J connectivity index is 2.82. The Labute approximate surface area is 96.1 Å². The van der Waals surface area contributed by atoms with Crippen molar-refractivity contribution in [3.05, 3.63) is 53.0 Å². The number of rotatable bonds is 3. The Morgan fingerprint density at radius 2 is 1.60 bits per heavy atom. The van der Waals surface area contributed by atoms with Crippen LogP contribution in [0.3, 0.4) is 0 Å². The van der Waals surface area contributed by atoms with Crippen LogP contribution < -0.4 is 0 Å². The normalized spacial score (nSPS) is 13.5. The van der Waals surface area contributed by atoms with Crippen LogP contribution >= 0.6 is 0 Å². The molecule has 0 aliphatic heterocycles. The van der Waals surface area contributed by atoms with Gasteiger partial charge >= 0.3 is 0 Å². The third-order valence-corrected chi connectivity index (χ3v) is 4.31. The van der Waals surface area contributed by atoms with E-state index in [1.807, 2.05) is 0 Å². The average molecular weight is 219 g/mol. The van der Waals surface area contributed by atoms with Crippen molar-refractivity contribution in [1.29, 1.82) is 0 Å². The summed E-state index contributed by atoms with van der Waals surface area (Å²) in [4.78, 5) is 2.84. The quantitative estimate of drug-likeness (QED) is 0.529. The van der Waals surface area contributed by atoms with Gasteiger partial charge in [-0.2, -0.15) is 0 Å². The molecule has 0 radical (unpaired) electrons. The van der Waals surface area contributed by atoms with E-state index in [1.54, 1.807) is 0 Å². The van der Waals surface area contributed by atoms with Gasteiger partial charge in [-0.3, -0.25) is 0 Å². The lowest BCUT2D eigenvalue weighted by Gasteiger charge is -2.01. The Morgan fingerprint density at radius 1 is 1.00 bits per heavy atom. The maximum absolute atomic E-state index is 2.28. The zero-order valence-corrected chi connectivity index (χ0v) is 10.8. The van der Waals surface area contributed by atoms with E-state index in [4.69, 9.17) is 0 Å². The summed E-state index contributed by atoms with van der Waals surface area (Å²) in [5.74, 6) is 0. The Hall–Kier alpha value is -0.950. The fraction of sp³-hybridized carbons (Fsp3) is 0.286. The monoisotopic (exact) mass is 219 g/mol. The van der Waals surface area contributed by atoms with Gasteiger partial charge in [-0.05, 0) is 32.1 Å². The molecule has 0 aliphatic carbocycles. The third kappa shape index (κ3) is 3.96. The summed E-state index contributed by atoms with van der Waals surface area (Å²) in [6.07, 6.45) is 6.69. The van der Waals surface area contributed by atoms with Gasteiger partial charge in [0.05, 0.1) is 10.9 Å². The van der Waals surface area contributed by atoms with E-state index in [0.29, 0.717) is 0 Å². The smallest absolute Gasteiger partial charge is 0.0763 e. The van der Waals surface area contributed by atoms with Crippen molar-refractivity contribution in [1.82, 2.24) is 0 Å². The van der Waals surface area contributed by atoms with Gasteiger partial charge in [-0.15, -0.1) is 0 Å². The highest BCUT2D eigenvalue weighted by Gasteiger charge is 2.16. The van der Waals surface area contributed by atoms with Crippen molar-refractivity contribution in [3.63, 3.8) is 0 Å². The van der Waals surface area contributed by atoms with Gasteiger partial charge in [0.25, 0.3) is 0 Å². The van der Waals surface area contributed by atoms with Gasteiger partial charge in [-0.1, -0.05) is 29.8 Å². The van der Waals surface area contributed by atoms with Crippen LogP contribution in [0.25, 0.3) is 0 Å². The Bertz CT molecular complexity index is 356. The number of benzene rings is 1. The van der Waals surface area contributed by atoms with Crippen LogP contribution in [0.1, 0.15) is 20.8 Å². The van der Waals surface area contributed by atoms with E-state index in [-0.39, 0.29) is 10.9 Å². The molecule has 15 heavy (non-hydrogen) atoms. The molecule has 0 heterocycles. The molecule has 0 bridgehead atoms. The standard InChI is InChI=1S/C14H19S/c1-12(2)10-11-13(3)15(4)14-8-6-5-7-9-14/h5-11H,1-4H3/q+1/b13-11+. The first-order valence-electron chi connectivity index (χ1n) is 5.14. The van der Waals surface area contributed by atoms with E-state index in [0.717, 1.165) is 0 Å². The van der Waals surface area contributed by atoms with Gasteiger partial charge in [0.1, 0.15) is 11.2 Å². The van der Waals surface area contributed by atoms with Gasteiger partial charge in [0.2, 0.25) is 0 Å². The van der Waals surface area contributed by atoms with Gasteiger partial charge < -0.3 is 0 Å². The van der Waals surface area contributed by atoms with Crippen molar-refractivity contribution in [2.24, 2.45) is 0 Å². The summed E-state index contributed by atoms with van der Waals surface area (Å²) < 4.78 is 0. The molecule has 0 spiro atoms. The number of hydrogen-bond acceptors (Lipinski definition) is 0. The lowest BCUT2D eigenvalue weighted by Crippen LogP contribution is -2.00. The van der Waals surface area contributed by atoms with E-state index < -0.39 is 0 Å². The minimum absolute atomic E-state index is 0.222. The summed E-state index contributed by atoms with van der Waals surface area (Å²) in [5, 5.41) is 0. The molecule has 0 aliphatic rings. The molecule has 0 aromatic heterocycles. The van der Waals surface area contributed by atoms with E-state index in [2.05, 4.69) is 69.5 Å². The zero-order chi connectivity index (χ0) is 11.3. The fourth-order valence-corrected chi connectivity index (χ4v) is 2.41. The summed E-state index contributed by atoms with van der Waals surface area (Å²) in [7, 11) is 0.222. The Kier molecular flexibility index (Phi) is 4.70. The van der Waals surface area contributed by atoms with Crippen molar-refractivity contribution >= 4 is 10.9 Å². The summed E-state index contributed by atoms with van der Waals surface area (Å²) >= 11 is 0. The first kappa shape index (κ1) is 12.1. The van der Waals surface area contributed by atoms with Crippen molar-refractivity contribution in [3.8, 4) is 0 Å². The lowest BCUT2D eigenvalue weighted by atomic mass is 10.3. The van der Waals surface area contributed by atoms with Crippen LogP contribution in [-0.4, -0.2) is 6.26 Å². The van der Waals surface area contributed by atoms with Crippen LogP contribution in [0.2, 0.25) is 0 Å². The molecule has 1 rings (SSSR count). The van der Waals surface area contributed by atoms with Gasteiger partial charge in [0.15, 0.2) is 4.90 Å². The minimum atomic E-state index is 0.222. The highest BCUT2D eigenvalue weighted by atomic mass is 32.2. The molecule has 80 valence electrons. The highest BCUT2D eigenvalue weighted by molar-refractivity contribution is 7.99. The topological polar surface area (TPSA) is 0 Å². The zero-order valence-electron chi connectivity index (χ0n) is 9.95. The second kappa shape index (κ2) is 5.82. The van der Waals surface area contributed by atoms with E-state index >= 15 is 0 Å². The maximum Gasteiger partial charge on any atom is 0.160 e. The summed E-state index contributed by atoms with van der Waals surface area (Å²) in [6, 6.07) is 10.7. The lowest BCUT2D eigenvalue weighted by molar-refractivity contribution is 1.39. The second-order valence-corrected chi connectivity index (χ2v) is 5.98. The molecule has 1 heteroatoms. The molecule has 0 fully saturated rings. The molecule has 1 unspecified atom stereocenters. The molecule has 1 aromatic rings. The predicted octanol–water partition coefficient (Wildman–Crippen LogP) is 4.16. The number of allylic oxidation sites excluding steroid dienone is 4. The number of hydrogen-bond donors (Lipinski definition) is 0. The molecule has 1 aromatic carbocycles. The molecular weight excluding hydrogens is 200 g/mol.